The number of methoxy groups -OCH3 is 1. The van der Waals surface area contributed by atoms with Crippen molar-refractivity contribution in [1.29, 1.82) is 0 Å². The molecule has 3 aromatic heterocycles. The summed E-state index contributed by atoms with van der Waals surface area (Å²) in [5, 5.41) is 2.90. The molecule has 0 saturated carbocycles. The summed E-state index contributed by atoms with van der Waals surface area (Å²) < 4.78 is 5.41. The molecule has 3 heterocycles. The molecule has 5 nitrogen and oxygen atoms in total. The summed E-state index contributed by atoms with van der Waals surface area (Å²) in [6.45, 7) is 3.78. The minimum absolute atomic E-state index is 0.655. The van der Waals surface area contributed by atoms with Gasteiger partial charge in [-0.25, -0.2) is 15.0 Å². The molecule has 0 aliphatic rings. The van der Waals surface area contributed by atoms with Crippen molar-refractivity contribution in [3.63, 3.8) is 0 Å². The lowest BCUT2D eigenvalue weighted by Gasteiger charge is -2.01. The van der Waals surface area contributed by atoms with E-state index in [1.807, 2.05) is 6.08 Å². The molecule has 6 heteroatoms. The van der Waals surface area contributed by atoms with Crippen LogP contribution < -0.4 is 4.74 Å². The van der Waals surface area contributed by atoms with Crippen LogP contribution in [0.15, 0.2) is 30.6 Å². The van der Waals surface area contributed by atoms with Crippen LogP contribution in [0.3, 0.4) is 0 Å². The van der Waals surface area contributed by atoms with Gasteiger partial charge in [0.2, 0.25) is 0 Å². The SMILES string of the molecule is C=CCc1csc(OC)c1-c1nc2ncncc2[nH]1. The fraction of sp³-hybridized carbons (Fsp3) is 0.154. The molecule has 0 aromatic carbocycles. The molecule has 0 saturated heterocycles. The van der Waals surface area contributed by atoms with Gasteiger partial charge in [0.1, 0.15) is 17.7 Å². The van der Waals surface area contributed by atoms with E-state index in [1.54, 1.807) is 24.6 Å². The molecule has 1 N–H and O–H groups in total. The van der Waals surface area contributed by atoms with Crippen LogP contribution >= 0.6 is 11.3 Å². The number of H-pyrrole nitrogens is 1. The average Bonchev–Trinajstić information content (AvgIpc) is 3.01. The zero-order valence-electron chi connectivity index (χ0n) is 10.4. The second-order valence-electron chi connectivity index (χ2n) is 3.97. The van der Waals surface area contributed by atoms with Gasteiger partial charge in [-0.3, -0.25) is 0 Å². The van der Waals surface area contributed by atoms with Crippen LogP contribution in [0, 0.1) is 0 Å². The number of aromatic amines is 1. The lowest BCUT2D eigenvalue weighted by Crippen LogP contribution is -1.89. The van der Waals surface area contributed by atoms with Gasteiger partial charge in [0.15, 0.2) is 10.7 Å². The maximum absolute atomic E-state index is 5.41. The van der Waals surface area contributed by atoms with Gasteiger partial charge in [-0.1, -0.05) is 6.08 Å². The van der Waals surface area contributed by atoms with Gasteiger partial charge in [0.25, 0.3) is 0 Å². The van der Waals surface area contributed by atoms with Gasteiger partial charge in [0, 0.05) is 0 Å². The van der Waals surface area contributed by atoms with Gasteiger partial charge in [-0.2, -0.15) is 0 Å². The maximum atomic E-state index is 5.41. The van der Waals surface area contributed by atoms with E-state index in [2.05, 4.69) is 31.9 Å². The van der Waals surface area contributed by atoms with Crippen LogP contribution in [0.25, 0.3) is 22.6 Å². The number of allylic oxidation sites excluding steroid dienone is 1. The Labute approximate surface area is 114 Å². The first-order chi connectivity index (χ1) is 9.33. The Bertz CT molecular complexity index is 698. The Morgan fingerprint density at radius 3 is 3.16 bits per heavy atom. The first kappa shape index (κ1) is 11.9. The van der Waals surface area contributed by atoms with Gasteiger partial charge in [0.05, 0.1) is 18.9 Å². The molecule has 0 bridgehead atoms. The highest BCUT2D eigenvalue weighted by Gasteiger charge is 2.17. The van der Waals surface area contributed by atoms with Crippen molar-refractivity contribution < 1.29 is 4.74 Å². The van der Waals surface area contributed by atoms with Gasteiger partial charge in [-0.15, -0.1) is 17.9 Å². The Morgan fingerprint density at radius 1 is 1.53 bits per heavy atom. The number of aromatic nitrogens is 4. The molecule has 0 spiro atoms. The normalized spacial score (nSPS) is 10.8. The van der Waals surface area contributed by atoms with Crippen LogP contribution in [-0.2, 0) is 6.42 Å². The molecular weight excluding hydrogens is 260 g/mol. The van der Waals surface area contributed by atoms with E-state index in [4.69, 9.17) is 4.74 Å². The number of rotatable bonds is 4. The molecule has 96 valence electrons. The summed E-state index contributed by atoms with van der Waals surface area (Å²) in [6, 6.07) is 0. The molecule has 0 amide bonds. The molecule has 3 rings (SSSR count). The first-order valence-electron chi connectivity index (χ1n) is 5.75. The standard InChI is InChI=1S/C13H12N4OS/c1-3-4-8-6-19-13(18-2)10(8)12-16-9-5-14-7-15-11(9)17-12/h3,5-7H,1,4H2,2H3,(H,14,15,16,17). The van der Waals surface area contributed by atoms with Crippen molar-refractivity contribution in [3.05, 3.63) is 36.1 Å². The van der Waals surface area contributed by atoms with Gasteiger partial charge in [-0.05, 0) is 17.4 Å². The molecule has 19 heavy (non-hydrogen) atoms. The predicted octanol–water partition coefficient (Wildman–Crippen LogP) is 2.82. The number of hydrogen-bond acceptors (Lipinski definition) is 5. The summed E-state index contributed by atoms with van der Waals surface area (Å²) in [7, 11) is 1.66. The number of hydrogen-bond donors (Lipinski definition) is 1. The zero-order valence-corrected chi connectivity index (χ0v) is 11.2. The lowest BCUT2D eigenvalue weighted by atomic mass is 10.1. The molecule has 0 unspecified atom stereocenters. The minimum atomic E-state index is 0.655. The number of thiophene rings is 1. The van der Waals surface area contributed by atoms with Crippen molar-refractivity contribution in [2.75, 3.05) is 7.11 Å². The molecular formula is C13H12N4OS. The van der Waals surface area contributed by atoms with Crippen molar-refractivity contribution in [2.45, 2.75) is 6.42 Å². The third-order valence-corrected chi connectivity index (χ3v) is 3.77. The fourth-order valence-corrected chi connectivity index (χ4v) is 2.86. The lowest BCUT2D eigenvalue weighted by molar-refractivity contribution is 0.428. The summed E-state index contributed by atoms with van der Waals surface area (Å²) >= 11 is 1.55. The second kappa shape index (κ2) is 4.81. The van der Waals surface area contributed by atoms with Crippen LogP contribution in [0.2, 0.25) is 0 Å². The number of nitrogens with one attached hydrogen (secondary N) is 1. The monoisotopic (exact) mass is 272 g/mol. The highest BCUT2D eigenvalue weighted by Crippen LogP contribution is 2.38. The Hall–Kier alpha value is -2.21. The maximum Gasteiger partial charge on any atom is 0.184 e. The quantitative estimate of drug-likeness (QED) is 0.742. The molecule has 0 aliphatic heterocycles. The Balaban J connectivity index is 2.19. The smallest absolute Gasteiger partial charge is 0.184 e. The van der Waals surface area contributed by atoms with Crippen molar-refractivity contribution in [1.82, 2.24) is 19.9 Å². The number of fused-ring (bicyclic) bond motifs is 1. The van der Waals surface area contributed by atoms with Crippen LogP contribution in [-0.4, -0.2) is 27.0 Å². The molecule has 0 atom stereocenters. The average molecular weight is 272 g/mol. The highest BCUT2D eigenvalue weighted by molar-refractivity contribution is 7.12. The van der Waals surface area contributed by atoms with Crippen LogP contribution in [0.1, 0.15) is 5.56 Å². The molecule has 0 radical (unpaired) electrons. The summed E-state index contributed by atoms with van der Waals surface area (Å²) in [6.07, 6.45) is 5.85. The first-order valence-corrected chi connectivity index (χ1v) is 6.62. The third-order valence-electron chi connectivity index (χ3n) is 2.78. The van der Waals surface area contributed by atoms with E-state index >= 15 is 0 Å². The Morgan fingerprint density at radius 2 is 2.42 bits per heavy atom. The van der Waals surface area contributed by atoms with E-state index in [1.165, 1.54) is 6.33 Å². The van der Waals surface area contributed by atoms with Gasteiger partial charge >= 0.3 is 0 Å². The highest BCUT2D eigenvalue weighted by atomic mass is 32.1. The number of ether oxygens (including phenoxy) is 1. The number of nitrogens with zero attached hydrogens (tertiary/aromatic N) is 3. The third kappa shape index (κ3) is 2.00. The van der Waals surface area contributed by atoms with Crippen molar-refractivity contribution >= 4 is 22.5 Å². The largest absolute Gasteiger partial charge is 0.487 e. The predicted molar refractivity (Wildman–Crippen MR) is 75.4 cm³/mol. The Kier molecular flexibility index (Phi) is 3.00. The van der Waals surface area contributed by atoms with E-state index in [0.717, 1.165) is 34.0 Å². The molecule has 0 fully saturated rings. The van der Waals surface area contributed by atoms with E-state index < -0.39 is 0 Å². The summed E-state index contributed by atoms with van der Waals surface area (Å²) in [5.74, 6) is 0.755. The van der Waals surface area contributed by atoms with Crippen LogP contribution in [0.4, 0.5) is 0 Å². The summed E-state index contributed by atoms with van der Waals surface area (Å²) in [4.78, 5) is 15.8. The van der Waals surface area contributed by atoms with Crippen LogP contribution in [0.5, 0.6) is 5.06 Å². The van der Waals surface area contributed by atoms with Crippen molar-refractivity contribution in [3.8, 4) is 16.5 Å². The van der Waals surface area contributed by atoms with E-state index in [-0.39, 0.29) is 0 Å². The van der Waals surface area contributed by atoms with E-state index in [9.17, 15) is 0 Å². The topological polar surface area (TPSA) is 63.7 Å². The van der Waals surface area contributed by atoms with Gasteiger partial charge < -0.3 is 9.72 Å². The minimum Gasteiger partial charge on any atom is -0.487 e. The van der Waals surface area contributed by atoms with E-state index in [0.29, 0.717) is 5.65 Å². The van der Waals surface area contributed by atoms with Crippen molar-refractivity contribution in [2.24, 2.45) is 0 Å². The fourth-order valence-electron chi connectivity index (χ4n) is 1.96. The molecule has 0 aliphatic carbocycles. The number of imidazole rings is 1. The zero-order chi connectivity index (χ0) is 13.2. The summed E-state index contributed by atoms with van der Waals surface area (Å²) in [5.41, 5.74) is 3.59. The second-order valence-corrected chi connectivity index (χ2v) is 4.81. The molecule has 3 aromatic rings.